The van der Waals surface area contributed by atoms with Crippen molar-refractivity contribution in [1.82, 2.24) is 5.32 Å². The fourth-order valence-corrected chi connectivity index (χ4v) is 2.46. The van der Waals surface area contributed by atoms with E-state index in [0.29, 0.717) is 12.2 Å². The van der Waals surface area contributed by atoms with Crippen molar-refractivity contribution >= 4 is 27.5 Å². The van der Waals surface area contributed by atoms with E-state index in [0.717, 1.165) is 16.5 Å². The summed E-state index contributed by atoms with van der Waals surface area (Å²) in [5.41, 5.74) is 1.63. The molecule has 2 aromatic rings. The largest absolute Gasteiger partial charge is 0.508 e. The third-order valence-electron chi connectivity index (χ3n) is 3.23. The van der Waals surface area contributed by atoms with Crippen LogP contribution in [0.5, 0.6) is 5.75 Å². The van der Waals surface area contributed by atoms with Crippen LogP contribution in [0.15, 0.2) is 64.8 Å². The number of carbonyl (C=O) groups is 1. The smallest absolute Gasteiger partial charge is 0.267 e. The van der Waals surface area contributed by atoms with Crippen molar-refractivity contribution in [3.8, 4) is 11.8 Å². The number of phenols is 1. The molecule has 1 amide bonds. The molecule has 122 valence electrons. The van der Waals surface area contributed by atoms with Crippen molar-refractivity contribution in [2.45, 2.75) is 6.42 Å². The van der Waals surface area contributed by atoms with Gasteiger partial charge in [0.2, 0.25) is 0 Å². The summed E-state index contributed by atoms with van der Waals surface area (Å²) in [6, 6.07) is 15.8. The summed E-state index contributed by atoms with van der Waals surface area (Å²) in [6.45, 7) is 0.598. The molecule has 6 heteroatoms. The van der Waals surface area contributed by atoms with E-state index in [1.165, 1.54) is 18.3 Å². The second-order valence-corrected chi connectivity index (χ2v) is 5.82. The molecule has 0 spiro atoms. The van der Waals surface area contributed by atoms with Crippen LogP contribution in [0.4, 0.5) is 5.69 Å². The Labute approximate surface area is 148 Å². The molecule has 0 atom stereocenters. The van der Waals surface area contributed by atoms with E-state index in [-0.39, 0.29) is 11.3 Å². The number of phenolic OH excluding ortho intramolecular Hbond substituents is 1. The number of amides is 1. The SMILES string of the molecule is N#C/C(=C/NCCc1ccccc1Br)C(=O)Nc1ccc(O)cc1. The molecule has 24 heavy (non-hydrogen) atoms. The minimum atomic E-state index is -0.503. The van der Waals surface area contributed by atoms with Crippen molar-refractivity contribution in [3.63, 3.8) is 0 Å². The highest BCUT2D eigenvalue weighted by atomic mass is 79.9. The van der Waals surface area contributed by atoms with E-state index in [2.05, 4.69) is 26.6 Å². The van der Waals surface area contributed by atoms with Crippen LogP contribution in [0.1, 0.15) is 5.56 Å². The van der Waals surface area contributed by atoms with E-state index in [9.17, 15) is 9.90 Å². The minimum absolute atomic E-state index is 0.0183. The molecule has 2 rings (SSSR count). The van der Waals surface area contributed by atoms with Gasteiger partial charge in [-0.15, -0.1) is 0 Å². The number of rotatable bonds is 6. The van der Waals surface area contributed by atoms with E-state index < -0.39 is 5.91 Å². The molecule has 0 fully saturated rings. The van der Waals surface area contributed by atoms with Crippen molar-refractivity contribution in [2.24, 2.45) is 0 Å². The third kappa shape index (κ3) is 5.14. The van der Waals surface area contributed by atoms with Gasteiger partial charge in [-0.05, 0) is 42.3 Å². The highest BCUT2D eigenvalue weighted by molar-refractivity contribution is 9.10. The molecule has 0 aliphatic heterocycles. The van der Waals surface area contributed by atoms with Crippen molar-refractivity contribution in [3.05, 3.63) is 70.3 Å². The molecule has 0 saturated carbocycles. The molecule has 0 heterocycles. The maximum absolute atomic E-state index is 12.0. The number of hydrogen-bond acceptors (Lipinski definition) is 4. The first-order chi connectivity index (χ1) is 11.6. The number of nitrogens with zero attached hydrogens (tertiary/aromatic N) is 1. The number of carbonyl (C=O) groups excluding carboxylic acids is 1. The lowest BCUT2D eigenvalue weighted by Gasteiger charge is -2.06. The minimum Gasteiger partial charge on any atom is -0.508 e. The second-order valence-electron chi connectivity index (χ2n) is 4.97. The molecule has 0 bridgehead atoms. The Bertz CT molecular complexity index is 780. The van der Waals surface area contributed by atoms with Gasteiger partial charge < -0.3 is 15.7 Å². The second kappa shape index (κ2) is 8.75. The van der Waals surface area contributed by atoms with Crippen molar-refractivity contribution < 1.29 is 9.90 Å². The monoisotopic (exact) mass is 385 g/mol. The third-order valence-corrected chi connectivity index (χ3v) is 4.01. The van der Waals surface area contributed by atoms with Gasteiger partial charge in [0.1, 0.15) is 17.4 Å². The summed E-state index contributed by atoms with van der Waals surface area (Å²) in [5, 5.41) is 23.9. The molecule has 3 N–H and O–H groups in total. The topological polar surface area (TPSA) is 85.2 Å². The van der Waals surface area contributed by atoms with Gasteiger partial charge in [0.15, 0.2) is 0 Å². The van der Waals surface area contributed by atoms with Gasteiger partial charge in [0, 0.05) is 22.9 Å². The van der Waals surface area contributed by atoms with Gasteiger partial charge >= 0.3 is 0 Å². The molecule has 0 aliphatic carbocycles. The van der Waals surface area contributed by atoms with Gasteiger partial charge in [-0.1, -0.05) is 34.1 Å². The van der Waals surface area contributed by atoms with Crippen LogP contribution in [0.3, 0.4) is 0 Å². The average molecular weight is 386 g/mol. The van der Waals surface area contributed by atoms with Crippen molar-refractivity contribution in [2.75, 3.05) is 11.9 Å². The Morgan fingerprint density at radius 3 is 2.58 bits per heavy atom. The highest BCUT2D eigenvalue weighted by Crippen LogP contribution is 2.16. The predicted octanol–water partition coefficient (Wildman–Crippen LogP) is 3.33. The molecule has 0 saturated heterocycles. The molecular formula is C18H16BrN3O2. The molecular weight excluding hydrogens is 370 g/mol. The van der Waals surface area contributed by atoms with Gasteiger partial charge in [0.05, 0.1) is 0 Å². The van der Waals surface area contributed by atoms with Crippen LogP contribution in [0, 0.1) is 11.3 Å². The standard InChI is InChI=1S/C18H16BrN3O2/c19-17-4-2-1-3-13(17)9-10-21-12-14(11-20)18(24)22-15-5-7-16(23)8-6-15/h1-8,12,21,23H,9-10H2,(H,22,24)/b14-12-. The number of halogens is 1. The summed E-state index contributed by atoms with van der Waals surface area (Å²) in [6.07, 6.45) is 2.17. The van der Waals surface area contributed by atoms with Gasteiger partial charge in [-0.25, -0.2) is 0 Å². The average Bonchev–Trinajstić information content (AvgIpc) is 2.58. The fraction of sp³-hybridized carbons (Fsp3) is 0.111. The van der Waals surface area contributed by atoms with E-state index in [4.69, 9.17) is 5.26 Å². The summed E-state index contributed by atoms with van der Waals surface area (Å²) < 4.78 is 1.03. The van der Waals surface area contributed by atoms with Gasteiger partial charge in [0.25, 0.3) is 5.91 Å². The fourth-order valence-electron chi connectivity index (χ4n) is 1.97. The first-order valence-electron chi connectivity index (χ1n) is 7.27. The zero-order valence-corrected chi connectivity index (χ0v) is 14.4. The van der Waals surface area contributed by atoms with E-state index in [1.54, 1.807) is 12.1 Å². The van der Waals surface area contributed by atoms with E-state index in [1.807, 2.05) is 30.3 Å². The maximum Gasteiger partial charge on any atom is 0.267 e. The van der Waals surface area contributed by atoms with Crippen molar-refractivity contribution in [1.29, 1.82) is 5.26 Å². The predicted molar refractivity (Wildman–Crippen MR) is 96.3 cm³/mol. The molecule has 0 unspecified atom stereocenters. The van der Waals surface area contributed by atoms with Gasteiger partial charge in [-0.3, -0.25) is 4.79 Å². The first kappa shape index (κ1) is 17.6. The number of nitrogens with one attached hydrogen (secondary N) is 2. The Hall–Kier alpha value is -2.78. The van der Waals surface area contributed by atoms with Crippen LogP contribution >= 0.6 is 15.9 Å². The van der Waals surface area contributed by atoms with Crippen LogP contribution in [0.25, 0.3) is 0 Å². The molecule has 2 aromatic carbocycles. The normalized spacial score (nSPS) is 10.8. The number of anilines is 1. The Balaban J connectivity index is 1.89. The van der Waals surface area contributed by atoms with Crippen LogP contribution in [-0.2, 0) is 11.2 Å². The number of aromatic hydroxyl groups is 1. The van der Waals surface area contributed by atoms with Crippen LogP contribution in [0.2, 0.25) is 0 Å². The highest BCUT2D eigenvalue weighted by Gasteiger charge is 2.09. The number of nitriles is 1. The number of benzene rings is 2. The lowest BCUT2D eigenvalue weighted by atomic mass is 10.1. The molecule has 0 radical (unpaired) electrons. The zero-order chi connectivity index (χ0) is 17.4. The lowest BCUT2D eigenvalue weighted by Crippen LogP contribution is -2.18. The molecule has 5 nitrogen and oxygen atoms in total. The lowest BCUT2D eigenvalue weighted by molar-refractivity contribution is -0.112. The van der Waals surface area contributed by atoms with E-state index >= 15 is 0 Å². The maximum atomic E-state index is 12.0. The summed E-state index contributed by atoms with van der Waals surface area (Å²) in [5.74, 6) is -0.394. The summed E-state index contributed by atoms with van der Waals surface area (Å²) in [4.78, 5) is 12.0. The first-order valence-corrected chi connectivity index (χ1v) is 8.07. The Morgan fingerprint density at radius 1 is 1.21 bits per heavy atom. The Morgan fingerprint density at radius 2 is 1.92 bits per heavy atom. The quantitative estimate of drug-likeness (QED) is 0.308. The Kier molecular flexibility index (Phi) is 6.41. The van der Waals surface area contributed by atoms with Crippen LogP contribution < -0.4 is 10.6 Å². The molecule has 0 aliphatic rings. The van der Waals surface area contributed by atoms with Crippen LogP contribution in [-0.4, -0.2) is 17.6 Å². The van der Waals surface area contributed by atoms with Gasteiger partial charge in [-0.2, -0.15) is 5.26 Å². The molecule has 0 aromatic heterocycles. The summed E-state index contributed by atoms with van der Waals surface area (Å²) >= 11 is 3.48. The zero-order valence-electron chi connectivity index (χ0n) is 12.8. The number of hydrogen-bond donors (Lipinski definition) is 3. The summed E-state index contributed by atoms with van der Waals surface area (Å²) in [7, 11) is 0.